The van der Waals surface area contributed by atoms with Crippen LogP contribution in [0.1, 0.15) is 43.0 Å². The van der Waals surface area contributed by atoms with Gasteiger partial charge >= 0.3 is 5.97 Å². The summed E-state index contributed by atoms with van der Waals surface area (Å²) in [4.78, 5) is 27.7. The van der Waals surface area contributed by atoms with Crippen LogP contribution >= 0.6 is 0 Å². The van der Waals surface area contributed by atoms with Crippen molar-refractivity contribution in [3.63, 3.8) is 0 Å². The molecule has 1 saturated carbocycles. The summed E-state index contributed by atoms with van der Waals surface area (Å²) in [6, 6.07) is 8.76. The van der Waals surface area contributed by atoms with Crippen LogP contribution in [0.25, 0.3) is 0 Å². The normalized spacial score (nSPS) is 19.7. The monoisotopic (exact) mass is 416 g/mol. The van der Waals surface area contributed by atoms with Crippen LogP contribution < -0.4 is 10.1 Å². The summed E-state index contributed by atoms with van der Waals surface area (Å²) < 4.78 is 24.2. The second-order valence-corrected chi connectivity index (χ2v) is 7.38. The number of nitrogens with zero attached hydrogens (tertiary/aromatic N) is 1. The molecule has 2 N–H and O–H groups in total. The smallest absolute Gasteiger partial charge is 0.332 e. The van der Waals surface area contributed by atoms with E-state index in [4.69, 9.17) is 14.6 Å². The maximum absolute atomic E-state index is 13.1. The van der Waals surface area contributed by atoms with Crippen LogP contribution in [0.5, 0.6) is 11.6 Å². The van der Waals surface area contributed by atoms with Gasteiger partial charge in [0.2, 0.25) is 5.88 Å². The van der Waals surface area contributed by atoms with Crippen molar-refractivity contribution in [1.29, 1.82) is 0 Å². The van der Waals surface area contributed by atoms with E-state index >= 15 is 0 Å². The molecule has 0 spiro atoms. The van der Waals surface area contributed by atoms with Crippen LogP contribution in [0.3, 0.4) is 0 Å². The Balaban J connectivity index is 1.51. The van der Waals surface area contributed by atoms with Gasteiger partial charge in [0.1, 0.15) is 17.1 Å². The Morgan fingerprint density at radius 1 is 1.20 bits per heavy atom. The van der Waals surface area contributed by atoms with Crippen molar-refractivity contribution >= 4 is 11.9 Å². The molecule has 1 aromatic heterocycles. The zero-order chi connectivity index (χ0) is 21.5. The number of pyridine rings is 1. The fourth-order valence-electron chi connectivity index (χ4n) is 3.41. The summed E-state index contributed by atoms with van der Waals surface area (Å²) in [6.45, 7) is 2.04. The first-order valence-electron chi connectivity index (χ1n) is 9.97. The first-order valence-corrected chi connectivity index (χ1v) is 9.97. The molecule has 7 nitrogen and oxygen atoms in total. The highest BCUT2D eigenvalue weighted by Crippen LogP contribution is 2.27. The van der Waals surface area contributed by atoms with Crippen molar-refractivity contribution in [3.8, 4) is 11.6 Å². The molecule has 1 atom stereocenters. The van der Waals surface area contributed by atoms with Gasteiger partial charge in [-0.1, -0.05) is 0 Å². The zero-order valence-corrected chi connectivity index (χ0v) is 16.7. The van der Waals surface area contributed by atoms with Crippen molar-refractivity contribution in [2.75, 3.05) is 6.54 Å². The van der Waals surface area contributed by atoms with Crippen molar-refractivity contribution < 1.29 is 28.6 Å². The number of hydrogen-bond donors (Lipinski definition) is 2. The van der Waals surface area contributed by atoms with Gasteiger partial charge in [0, 0.05) is 12.7 Å². The van der Waals surface area contributed by atoms with Crippen molar-refractivity contribution in [3.05, 3.63) is 54.0 Å². The van der Waals surface area contributed by atoms with E-state index in [0.717, 1.165) is 25.7 Å². The number of rotatable bonds is 8. The molecule has 0 aliphatic heterocycles. The van der Waals surface area contributed by atoms with Gasteiger partial charge in [-0.05, 0) is 74.9 Å². The molecule has 3 rings (SSSR count). The number of carboxylic acids is 1. The van der Waals surface area contributed by atoms with Gasteiger partial charge < -0.3 is 19.9 Å². The highest BCUT2D eigenvalue weighted by molar-refractivity contribution is 5.96. The van der Waals surface area contributed by atoms with Gasteiger partial charge in [0.25, 0.3) is 5.91 Å². The molecule has 1 aromatic carbocycles. The van der Waals surface area contributed by atoms with E-state index in [1.807, 2.05) is 0 Å². The summed E-state index contributed by atoms with van der Waals surface area (Å²) in [5.74, 6) is -0.789. The maximum Gasteiger partial charge on any atom is 0.332 e. The molecule has 0 bridgehead atoms. The Kier molecular flexibility index (Phi) is 7.35. The summed E-state index contributed by atoms with van der Waals surface area (Å²) in [6.07, 6.45) is 3.89. The van der Waals surface area contributed by atoms with Gasteiger partial charge in [0.05, 0.1) is 6.10 Å². The standard InChI is InChI=1S/C22H25FN2O5/c1-14(22(27)28)29-17-8-4-15(5-9-17)13-25-20(26)19-3-2-12-24-21(19)30-18-10-6-16(23)7-11-18/h2-3,6-7,10-12,14-15,17H,4-5,8-9,13H2,1H3,(H,25,26)(H,27,28). The Morgan fingerprint density at radius 2 is 1.90 bits per heavy atom. The number of halogens is 1. The summed E-state index contributed by atoms with van der Waals surface area (Å²) in [7, 11) is 0. The van der Waals surface area contributed by atoms with E-state index in [1.165, 1.54) is 37.4 Å². The third-order valence-electron chi connectivity index (χ3n) is 5.13. The average molecular weight is 416 g/mol. The zero-order valence-electron chi connectivity index (χ0n) is 16.7. The second kappa shape index (κ2) is 10.2. The number of aromatic nitrogens is 1. The Labute approximate surface area is 174 Å². The highest BCUT2D eigenvalue weighted by atomic mass is 19.1. The van der Waals surface area contributed by atoms with Crippen LogP contribution in [0.2, 0.25) is 0 Å². The maximum atomic E-state index is 13.1. The van der Waals surface area contributed by atoms with E-state index in [-0.39, 0.29) is 23.7 Å². The number of aliphatic carboxylic acids is 1. The Bertz CT molecular complexity index is 866. The summed E-state index contributed by atoms with van der Waals surface area (Å²) >= 11 is 0. The number of benzene rings is 1. The van der Waals surface area contributed by atoms with Gasteiger partial charge in [0.15, 0.2) is 6.10 Å². The van der Waals surface area contributed by atoms with Gasteiger partial charge in [-0.25, -0.2) is 14.2 Å². The SMILES string of the molecule is CC(OC1CCC(CNC(=O)c2cccnc2Oc2ccc(F)cc2)CC1)C(=O)O. The molecule has 2 aromatic rings. The minimum atomic E-state index is -0.959. The fourth-order valence-corrected chi connectivity index (χ4v) is 3.41. The van der Waals surface area contributed by atoms with Crippen LogP contribution in [0.4, 0.5) is 4.39 Å². The second-order valence-electron chi connectivity index (χ2n) is 7.38. The van der Waals surface area contributed by atoms with Gasteiger partial charge in [-0.15, -0.1) is 0 Å². The lowest BCUT2D eigenvalue weighted by Gasteiger charge is -2.29. The van der Waals surface area contributed by atoms with Crippen LogP contribution in [-0.2, 0) is 9.53 Å². The van der Waals surface area contributed by atoms with Crippen LogP contribution in [-0.4, -0.2) is 40.7 Å². The van der Waals surface area contributed by atoms with E-state index in [9.17, 15) is 14.0 Å². The topological polar surface area (TPSA) is 97.8 Å². The first kappa shape index (κ1) is 21.7. The van der Waals surface area contributed by atoms with Crippen LogP contribution in [0, 0.1) is 11.7 Å². The Hall–Kier alpha value is -3.00. The number of ether oxygens (including phenoxy) is 2. The molecule has 160 valence electrons. The quantitative estimate of drug-likeness (QED) is 0.680. The third-order valence-corrected chi connectivity index (χ3v) is 5.13. The molecule has 0 radical (unpaired) electrons. The van der Waals surface area contributed by atoms with Crippen molar-refractivity contribution in [1.82, 2.24) is 10.3 Å². The average Bonchev–Trinajstić information content (AvgIpc) is 2.75. The molecule has 1 fully saturated rings. The molecule has 8 heteroatoms. The lowest BCUT2D eigenvalue weighted by atomic mass is 9.87. The molecular weight excluding hydrogens is 391 g/mol. The predicted octanol–water partition coefficient (Wildman–Crippen LogP) is 3.79. The first-order chi connectivity index (χ1) is 14.4. The molecule has 1 unspecified atom stereocenters. The van der Waals surface area contributed by atoms with Crippen LogP contribution in [0.15, 0.2) is 42.6 Å². The molecule has 1 heterocycles. The van der Waals surface area contributed by atoms with Crippen molar-refractivity contribution in [2.45, 2.75) is 44.8 Å². The Morgan fingerprint density at radius 3 is 2.57 bits per heavy atom. The molecular formula is C22H25FN2O5. The lowest BCUT2D eigenvalue weighted by molar-refractivity contribution is -0.154. The van der Waals surface area contributed by atoms with E-state index in [1.54, 1.807) is 12.1 Å². The number of carbonyl (C=O) groups is 2. The minimum absolute atomic E-state index is 0.0583. The van der Waals surface area contributed by atoms with Gasteiger partial charge in [-0.2, -0.15) is 0 Å². The van der Waals surface area contributed by atoms with Crippen molar-refractivity contribution in [2.24, 2.45) is 5.92 Å². The third kappa shape index (κ3) is 6.00. The van der Waals surface area contributed by atoms with E-state index in [0.29, 0.717) is 23.8 Å². The van der Waals surface area contributed by atoms with Gasteiger partial charge in [-0.3, -0.25) is 4.79 Å². The molecule has 0 saturated heterocycles. The number of carbonyl (C=O) groups excluding carboxylic acids is 1. The summed E-state index contributed by atoms with van der Waals surface area (Å²) in [5, 5.41) is 11.9. The number of hydrogen-bond acceptors (Lipinski definition) is 5. The van der Waals surface area contributed by atoms with E-state index in [2.05, 4.69) is 10.3 Å². The summed E-state index contributed by atoms with van der Waals surface area (Å²) in [5.41, 5.74) is 0.300. The molecule has 1 aliphatic rings. The molecule has 1 aliphatic carbocycles. The number of nitrogens with one attached hydrogen (secondary N) is 1. The predicted molar refractivity (Wildman–Crippen MR) is 107 cm³/mol. The fraction of sp³-hybridized carbons (Fsp3) is 0.409. The number of carboxylic acid groups (broad SMARTS) is 1. The van der Waals surface area contributed by atoms with E-state index < -0.39 is 12.1 Å². The molecule has 30 heavy (non-hydrogen) atoms. The largest absolute Gasteiger partial charge is 0.479 e. The lowest BCUT2D eigenvalue weighted by Crippen LogP contribution is -2.34. The highest BCUT2D eigenvalue weighted by Gasteiger charge is 2.25. The number of amides is 1. The molecule has 1 amide bonds. The minimum Gasteiger partial charge on any atom is -0.479 e.